The van der Waals surface area contributed by atoms with E-state index < -0.39 is 0 Å². The van der Waals surface area contributed by atoms with Gasteiger partial charge in [0.2, 0.25) is 5.36 Å². The number of nitrogens with one attached hydrogen (secondary N) is 1. The Kier molecular flexibility index (Phi) is 5.13. The first-order valence-electron chi connectivity index (χ1n) is 10.9. The van der Waals surface area contributed by atoms with E-state index in [-0.39, 0.29) is 0 Å². The number of benzene rings is 4. The zero-order valence-electron chi connectivity index (χ0n) is 17.9. The van der Waals surface area contributed by atoms with Gasteiger partial charge < -0.3 is 9.73 Å². The van der Waals surface area contributed by atoms with Crippen LogP contribution in [0.4, 0.5) is 5.69 Å². The number of hydrogen-bond donors (Lipinski definition) is 1. The minimum Gasteiger partial charge on any atom is -0.452 e. The van der Waals surface area contributed by atoms with Gasteiger partial charge in [-0.05, 0) is 25.5 Å². The number of fused-ring (bicyclic) bond motifs is 4. The molecule has 1 heterocycles. The fourth-order valence-electron chi connectivity index (χ4n) is 4.17. The lowest BCUT2D eigenvalue weighted by Gasteiger charge is -2.13. The van der Waals surface area contributed by atoms with Gasteiger partial charge in [0.1, 0.15) is 24.3 Å². The van der Waals surface area contributed by atoms with Gasteiger partial charge in [0, 0.05) is 35.1 Å². The molecule has 1 aliphatic carbocycles. The number of rotatable bonds is 5. The lowest BCUT2D eigenvalue weighted by atomic mass is 10.1. The van der Waals surface area contributed by atoms with E-state index in [4.69, 9.17) is 9.40 Å². The molecule has 0 atom stereocenters. The Morgan fingerprint density at radius 3 is 2.35 bits per heavy atom. The summed E-state index contributed by atoms with van der Waals surface area (Å²) in [5.74, 6) is 0.807. The summed E-state index contributed by atoms with van der Waals surface area (Å²) >= 11 is 0. The molecule has 2 aliphatic rings. The van der Waals surface area contributed by atoms with Gasteiger partial charge in [-0.2, -0.15) is 0 Å². The topological polar surface area (TPSA) is 41.1 Å². The molecule has 3 aromatic rings. The van der Waals surface area contributed by atoms with Gasteiger partial charge in [-0.1, -0.05) is 54.6 Å². The molecule has 0 unspecified atom stereocenters. The van der Waals surface area contributed by atoms with Crippen LogP contribution in [0.3, 0.4) is 0 Å². The van der Waals surface area contributed by atoms with E-state index in [0.29, 0.717) is 0 Å². The van der Waals surface area contributed by atoms with Crippen LogP contribution >= 0.6 is 0 Å². The Labute approximate surface area is 181 Å². The Balaban J connectivity index is 1.69. The summed E-state index contributed by atoms with van der Waals surface area (Å²) in [5, 5.41) is 6.99. The Morgan fingerprint density at radius 2 is 1.58 bits per heavy atom. The highest BCUT2D eigenvalue weighted by Gasteiger charge is 2.15. The normalized spacial score (nSPS) is 11.3. The van der Waals surface area contributed by atoms with Crippen LogP contribution in [0, 0.1) is 0 Å². The Bertz CT molecular complexity index is 1400. The molecule has 4 heteroatoms. The van der Waals surface area contributed by atoms with Crippen molar-refractivity contribution >= 4 is 27.6 Å². The zero-order valence-corrected chi connectivity index (χ0v) is 17.9. The summed E-state index contributed by atoms with van der Waals surface area (Å²) < 4.78 is 8.71. The highest BCUT2D eigenvalue weighted by atomic mass is 16.3. The summed E-state index contributed by atoms with van der Waals surface area (Å²) in [6.07, 6.45) is 0. The molecule has 0 radical (unpaired) electrons. The fourth-order valence-corrected chi connectivity index (χ4v) is 4.17. The second-order valence-corrected chi connectivity index (χ2v) is 7.69. The predicted octanol–water partition coefficient (Wildman–Crippen LogP) is 5.51. The van der Waals surface area contributed by atoms with Gasteiger partial charge in [-0.25, -0.2) is 9.56 Å². The van der Waals surface area contributed by atoms with E-state index in [1.807, 2.05) is 6.07 Å². The molecule has 0 saturated heterocycles. The van der Waals surface area contributed by atoms with Gasteiger partial charge in [0.05, 0.1) is 6.07 Å². The molecular formula is C27H26N3O+. The third kappa shape index (κ3) is 3.66. The van der Waals surface area contributed by atoms with Crippen molar-refractivity contribution in [2.24, 2.45) is 0 Å². The van der Waals surface area contributed by atoms with E-state index in [9.17, 15) is 0 Å². The maximum atomic E-state index is 6.40. The smallest absolute Gasteiger partial charge is 0.203 e. The van der Waals surface area contributed by atoms with E-state index in [1.54, 1.807) is 0 Å². The maximum Gasteiger partial charge on any atom is 0.203 e. The van der Waals surface area contributed by atoms with Crippen molar-refractivity contribution in [3.05, 3.63) is 89.8 Å². The van der Waals surface area contributed by atoms with E-state index in [0.717, 1.165) is 64.0 Å². The third-order valence-electron chi connectivity index (χ3n) is 5.83. The van der Waals surface area contributed by atoms with E-state index in [2.05, 4.69) is 96.5 Å². The van der Waals surface area contributed by atoms with Crippen LogP contribution in [0.2, 0.25) is 0 Å². The minimum absolute atomic E-state index is 0.753. The average Bonchev–Trinajstić information content (AvgIpc) is 2.83. The summed E-state index contributed by atoms with van der Waals surface area (Å²) in [4.78, 5) is 4.98. The van der Waals surface area contributed by atoms with E-state index >= 15 is 0 Å². The lowest BCUT2D eigenvalue weighted by Crippen LogP contribution is -2.29. The van der Waals surface area contributed by atoms with Crippen molar-refractivity contribution in [1.82, 2.24) is 9.56 Å². The van der Waals surface area contributed by atoms with E-state index in [1.165, 1.54) is 5.56 Å². The molecule has 1 N–H and O–H groups in total. The quantitative estimate of drug-likeness (QED) is 0.237. The number of nitrogens with zero attached hydrogens (tertiary/aromatic N) is 2. The highest BCUT2D eigenvalue weighted by Crippen LogP contribution is 2.34. The van der Waals surface area contributed by atoms with Crippen molar-refractivity contribution in [2.45, 2.75) is 20.4 Å². The van der Waals surface area contributed by atoms with Crippen molar-refractivity contribution in [3.63, 3.8) is 0 Å². The van der Waals surface area contributed by atoms with Crippen LogP contribution in [0.15, 0.2) is 83.3 Å². The van der Waals surface area contributed by atoms with Crippen molar-refractivity contribution in [1.29, 1.82) is 0 Å². The molecule has 0 saturated carbocycles. The van der Waals surface area contributed by atoms with Crippen LogP contribution in [0.25, 0.3) is 33.3 Å². The second kappa shape index (κ2) is 8.23. The predicted molar refractivity (Wildman–Crippen MR) is 128 cm³/mol. The molecule has 0 amide bonds. The molecule has 0 aromatic heterocycles. The second-order valence-electron chi connectivity index (χ2n) is 7.69. The first kappa shape index (κ1) is 19.3. The first-order chi connectivity index (χ1) is 15.3. The standard InChI is InChI=1S/C27H25N3O/c1-3-30(4-2)20-14-15-23-25(16-20)31-26-17-24(28-18-19-10-6-5-7-11-19)21-12-8-9-13-22(21)27(26)29-23/h5-17H,3-4,18H2,1-2H3/p+1. The van der Waals surface area contributed by atoms with Gasteiger partial charge in [0.15, 0.2) is 11.3 Å². The molecular weight excluding hydrogens is 382 g/mol. The molecule has 5 rings (SSSR count). The first-order valence-corrected chi connectivity index (χ1v) is 10.9. The largest absolute Gasteiger partial charge is 0.452 e. The molecule has 154 valence electrons. The SMILES string of the molecule is CC[N+](CC)=c1ccc2nc3c(cc(NCc4ccccc4)c4ccccc43)oc-2c1. The van der Waals surface area contributed by atoms with Gasteiger partial charge in [0.25, 0.3) is 0 Å². The van der Waals surface area contributed by atoms with Crippen molar-refractivity contribution in [3.8, 4) is 11.5 Å². The number of hydrogen-bond acceptors (Lipinski definition) is 3. The van der Waals surface area contributed by atoms with Crippen LogP contribution in [-0.2, 0) is 6.54 Å². The van der Waals surface area contributed by atoms with Crippen LogP contribution in [-0.4, -0.2) is 18.1 Å². The van der Waals surface area contributed by atoms with Gasteiger partial charge >= 0.3 is 0 Å². The molecule has 3 aromatic carbocycles. The molecule has 1 aliphatic heterocycles. The molecule has 4 nitrogen and oxygen atoms in total. The van der Waals surface area contributed by atoms with Gasteiger partial charge in [-0.3, -0.25) is 0 Å². The average molecular weight is 409 g/mol. The lowest BCUT2D eigenvalue weighted by molar-refractivity contribution is 0.600. The third-order valence-corrected chi connectivity index (χ3v) is 5.83. The van der Waals surface area contributed by atoms with Crippen LogP contribution in [0.5, 0.6) is 0 Å². The molecule has 0 bridgehead atoms. The van der Waals surface area contributed by atoms with Gasteiger partial charge in [-0.15, -0.1) is 0 Å². The fraction of sp³-hybridized carbons (Fsp3) is 0.185. The summed E-state index contributed by atoms with van der Waals surface area (Å²) in [5.41, 5.74) is 4.85. The van der Waals surface area contributed by atoms with Crippen LogP contribution < -0.4 is 15.2 Å². The molecule has 0 fully saturated rings. The zero-order chi connectivity index (χ0) is 21.2. The maximum absolute atomic E-state index is 6.40. The van der Waals surface area contributed by atoms with Crippen molar-refractivity contribution < 1.29 is 4.42 Å². The molecule has 0 spiro atoms. The highest BCUT2D eigenvalue weighted by molar-refractivity contribution is 6.10. The summed E-state index contributed by atoms with van der Waals surface area (Å²) in [6.45, 7) is 7.01. The minimum atomic E-state index is 0.753. The summed E-state index contributed by atoms with van der Waals surface area (Å²) in [7, 11) is 0. The van der Waals surface area contributed by atoms with Crippen molar-refractivity contribution in [2.75, 3.05) is 18.4 Å². The Morgan fingerprint density at radius 1 is 0.839 bits per heavy atom. The van der Waals surface area contributed by atoms with Crippen LogP contribution in [0.1, 0.15) is 19.4 Å². The summed E-state index contributed by atoms with van der Waals surface area (Å²) in [6, 6.07) is 27.2. The monoisotopic (exact) mass is 408 g/mol. The Hall–Kier alpha value is -3.66. The molecule has 31 heavy (non-hydrogen) atoms. The number of anilines is 1. The number of aromatic nitrogens is 1.